The summed E-state index contributed by atoms with van der Waals surface area (Å²) in [5.41, 5.74) is 0.228. The fraction of sp³-hybridized carbons (Fsp3) is 0.900. The Kier molecular flexibility index (Phi) is 1.67. The van der Waals surface area contributed by atoms with Crippen molar-refractivity contribution in [2.24, 2.45) is 11.3 Å². The number of carbonyl (C=O) groups is 1. The zero-order valence-electron chi connectivity index (χ0n) is 7.80. The van der Waals surface area contributed by atoms with Crippen LogP contribution in [0.1, 0.15) is 39.5 Å². The van der Waals surface area contributed by atoms with E-state index in [9.17, 15) is 4.79 Å². The number of ether oxygens (including phenoxy) is 1. The third-order valence-corrected chi connectivity index (χ3v) is 3.63. The highest BCUT2D eigenvalue weighted by Gasteiger charge is 2.46. The second kappa shape index (κ2) is 2.48. The number of fused-ring (bicyclic) bond motifs is 2. The van der Waals surface area contributed by atoms with Gasteiger partial charge in [0.2, 0.25) is 0 Å². The minimum absolute atomic E-state index is 0.00951. The zero-order chi connectivity index (χ0) is 8.77. The van der Waals surface area contributed by atoms with E-state index >= 15 is 0 Å². The van der Waals surface area contributed by atoms with E-state index in [0.717, 1.165) is 12.8 Å². The molecular weight excluding hydrogens is 152 g/mol. The molecule has 2 atom stereocenters. The average molecular weight is 168 g/mol. The van der Waals surface area contributed by atoms with Crippen molar-refractivity contribution in [1.29, 1.82) is 0 Å². The van der Waals surface area contributed by atoms with Gasteiger partial charge in [-0.2, -0.15) is 0 Å². The van der Waals surface area contributed by atoms with Crippen LogP contribution in [0.15, 0.2) is 0 Å². The molecule has 2 heteroatoms. The van der Waals surface area contributed by atoms with Crippen molar-refractivity contribution in [3.8, 4) is 0 Å². The van der Waals surface area contributed by atoms with Crippen LogP contribution in [-0.4, -0.2) is 12.1 Å². The first-order valence-electron chi connectivity index (χ1n) is 4.80. The molecule has 2 fully saturated rings. The Morgan fingerprint density at radius 3 is 2.83 bits per heavy atom. The minimum atomic E-state index is 0.00951. The Bertz CT molecular complexity index is 208. The van der Waals surface area contributed by atoms with Crippen molar-refractivity contribution < 1.29 is 9.53 Å². The van der Waals surface area contributed by atoms with Crippen LogP contribution in [0.3, 0.4) is 0 Å². The van der Waals surface area contributed by atoms with Crippen molar-refractivity contribution in [3.05, 3.63) is 0 Å². The molecule has 2 bridgehead atoms. The molecule has 0 N–H and O–H groups in total. The van der Waals surface area contributed by atoms with E-state index in [4.69, 9.17) is 4.74 Å². The SMILES string of the molecule is CC1(C)[C@H]2CCC(=O)O[C@H]1CC2. The first-order chi connectivity index (χ1) is 5.60. The van der Waals surface area contributed by atoms with Crippen molar-refractivity contribution in [1.82, 2.24) is 0 Å². The van der Waals surface area contributed by atoms with Crippen molar-refractivity contribution >= 4 is 5.97 Å². The molecule has 12 heavy (non-hydrogen) atoms. The summed E-state index contributed by atoms with van der Waals surface area (Å²) in [4.78, 5) is 11.1. The Hall–Kier alpha value is -0.530. The van der Waals surface area contributed by atoms with E-state index in [2.05, 4.69) is 13.8 Å². The van der Waals surface area contributed by atoms with Gasteiger partial charge < -0.3 is 4.74 Å². The maximum absolute atomic E-state index is 11.1. The van der Waals surface area contributed by atoms with Gasteiger partial charge in [0.05, 0.1) is 0 Å². The van der Waals surface area contributed by atoms with Crippen LogP contribution in [0.5, 0.6) is 0 Å². The molecule has 0 aromatic heterocycles. The maximum Gasteiger partial charge on any atom is 0.306 e. The average Bonchev–Trinajstić information content (AvgIpc) is 2.15. The number of esters is 1. The van der Waals surface area contributed by atoms with Crippen LogP contribution in [0.25, 0.3) is 0 Å². The number of hydrogen-bond donors (Lipinski definition) is 0. The topological polar surface area (TPSA) is 26.3 Å². The first-order valence-corrected chi connectivity index (χ1v) is 4.80. The lowest BCUT2D eigenvalue weighted by atomic mass is 9.79. The lowest BCUT2D eigenvalue weighted by Gasteiger charge is -2.29. The summed E-state index contributed by atoms with van der Waals surface area (Å²) in [5.74, 6) is 0.712. The van der Waals surface area contributed by atoms with Gasteiger partial charge in [-0.05, 0) is 25.2 Å². The van der Waals surface area contributed by atoms with Crippen LogP contribution in [0.2, 0.25) is 0 Å². The van der Waals surface area contributed by atoms with Crippen LogP contribution in [-0.2, 0) is 9.53 Å². The van der Waals surface area contributed by atoms with Crippen LogP contribution in [0.4, 0.5) is 0 Å². The molecule has 1 aliphatic carbocycles. The van der Waals surface area contributed by atoms with Gasteiger partial charge in [-0.15, -0.1) is 0 Å². The zero-order valence-corrected chi connectivity index (χ0v) is 7.80. The Labute approximate surface area is 73.3 Å². The van der Waals surface area contributed by atoms with Crippen molar-refractivity contribution in [3.63, 3.8) is 0 Å². The molecular formula is C10H16O2. The van der Waals surface area contributed by atoms with E-state index < -0.39 is 0 Å². The van der Waals surface area contributed by atoms with E-state index in [0.29, 0.717) is 12.3 Å². The van der Waals surface area contributed by atoms with Crippen molar-refractivity contribution in [2.75, 3.05) is 0 Å². The van der Waals surface area contributed by atoms with Crippen molar-refractivity contribution in [2.45, 2.75) is 45.6 Å². The smallest absolute Gasteiger partial charge is 0.306 e. The monoisotopic (exact) mass is 168 g/mol. The van der Waals surface area contributed by atoms with Gasteiger partial charge >= 0.3 is 5.97 Å². The molecule has 0 spiro atoms. The minimum Gasteiger partial charge on any atom is -0.462 e. The summed E-state index contributed by atoms with van der Waals surface area (Å²) < 4.78 is 5.38. The standard InChI is InChI=1S/C10H16O2/c1-10(2)7-3-5-8(10)12-9(11)6-4-7/h7-8H,3-6H2,1-2H3/t7-,8+/m1/s1. The largest absolute Gasteiger partial charge is 0.462 e. The first kappa shape index (κ1) is 8.09. The van der Waals surface area contributed by atoms with E-state index in [1.54, 1.807) is 0 Å². The van der Waals surface area contributed by atoms with Crippen LogP contribution in [0, 0.1) is 11.3 Å². The van der Waals surface area contributed by atoms with Gasteiger partial charge in [-0.3, -0.25) is 4.79 Å². The predicted molar refractivity (Wildman–Crippen MR) is 45.6 cm³/mol. The number of hydrogen-bond acceptors (Lipinski definition) is 2. The number of rotatable bonds is 0. The highest BCUT2D eigenvalue weighted by Crippen LogP contribution is 2.48. The molecule has 1 aliphatic heterocycles. The summed E-state index contributed by atoms with van der Waals surface area (Å²) in [5, 5.41) is 0. The van der Waals surface area contributed by atoms with Gasteiger partial charge in [0.25, 0.3) is 0 Å². The Balaban J connectivity index is 2.23. The van der Waals surface area contributed by atoms with E-state index in [-0.39, 0.29) is 17.5 Å². The lowest BCUT2D eigenvalue weighted by Crippen LogP contribution is -2.29. The second-order valence-corrected chi connectivity index (χ2v) is 4.61. The van der Waals surface area contributed by atoms with Gasteiger partial charge in [0.15, 0.2) is 0 Å². The fourth-order valence-corrected chi connectivity index (χ4v) is 2.60. The third-order valence-electron chi connectivity index (χ3n) is 3.63. The van der Waals surface area contributed by atoms with E-state index in [1.807, 2.05) is 0 Å². The summed E-state index contributed by atoms with van der Waals surface area (Å²) in [6.45, 7) is 4.46. The summed E-state index contributed by atoms with van der Waals surface area (Å²) in [6, 6.07) is 0. The molecule has 0 radical (unpaired) electrons. The molecule has 2 rings (SSSR count). The molecule has 0 aromatic rings. The quantitative estimate of drug-likeness (QED) is 0.518. The van der Waals surface area contributed by atoms with Gasteiger partial charge in [-0.25, -0.2) is 0 Å². The lowest BCUT2D eigenvalue weighted by molar-refractivity contribution is -0.151. The Morgan fingerprint density at radius 1 is 1.33 bits per heavy atom. The Morgan fingerprint density at radius 2 is 2.08 bits per heavy atom. The van der Waals surface area contributed by atoms with Crippen LogP contribution < -0.4 is 0 Å². The summed E-state index contributed by atoms with van der Waals surface area (Å²) in [6.07, 6.45) is 4.17. The molecule has 2 aliphatic rings. The van der Waals surface area contributed by atoms with Gasteiger partial charge in [0.1, 0.15) is 6.10 Å². The second-order valence-electron chi connectivity index (χ2n) is 4.61. The predicted octanol–water partition coefficient (Wildman–Crippen LogP) is 2.13. The summed E-state index contributed by atoms with van der Waals surface area (Å²) >= 11 is 0. The van der Waals surface area contributed by atoms with Crippen LogP contribution >= 0.6 is 0 Å². The maximum atomic E-state index is 11.1. The highest BCUT2D eigenvalue weighted by molar-refractivity contribution is 5.70. The number of carbonyl (C=O) groups excluding carboxylic acids is 1. The molecule has 0 unspecified atom stereocenters. The molecule has 1 heterocycles. The summed E-state index contributed by atoms with van der Waals surface area (Å²) in [7, 11) is 0. The highest BCUT2D eigenvalue weighted by atomic mass is 16.5. The molecule has 1 saturated heterocycles. The third kappa shape index (κ3) is 1.05. The van der Waals surface area contributed by atoms with Gasteiger partial charge in [0, 0.05) is 11.8 Å². The molecule has 1 saturated carbocycles. The van der Waals surface area contributed by atoms with E-state index in [1.165, 1.54) is 6.42 Å². The normalized spacial score (nSPS) is 39.0. The van der Waals surface area contributed by atoms with Gasteiger partial charge in [-0.1, -0.05) is 13.8 Å². The molecule has 0 amide bonds. The molecule has 2 nitrogen and oxygen atoms in total. The molecule has 68 valence electrons. The molecule has 0 aromatic carbocycles. The fourth-order valence-electron chi connectivity index (χ4n) is 2.60.